The first-order chi connectivity index (χ1) is 10.5. The number of thiocarbonyl (C=S) groups is 1. The molecule has 8 heteroatoms. The van der Waals surface area contributed by atoms with Crippen LogP contribution in [0.5, 0.6) is 0 Å². The lowest BCUT2D eigenvalue weighted by Crippen LogP contribution is -2.30. The molecule has 1 aromatic rings. The van der Waals surface area contributed by atoms with Crippen LogP contribution in [0.1, 0.15) is 12.0 Å². The van der Waals surface area contributed by atoms with E-state index in [1.807, 2.05) is 0 Å². The molecule has 2 heterocycles. The van der Waals surface area contributed by atoms with E-state index in [0.29, 0.717) is 16.8 Å². The fourth-order valence-electron chi connectivity index (χ4n) is 2.29. The van der Waals surface area contributed by atoms with Crippen LogP contribution in [-0.4, -0.2) is 38.7 Å². The lowest BCUT2D eigenvalue weighted by Gasteiger charge is -2.12. The Kier molecular flexibility index (Phi) is 3.71. The number of carboxylic acids is 1. The lowest BCUT2D eigenvalue weighted by molar-refractivity contribution is -0.137. The summed E-state index contributed by atoms with van der Waals surface area (Å²) in [5.41, 5.74) is 1.61. The molecule has 1 aromatic carbocycles. The first-order valence-corrected chi connectivity index (χ1v) is 7.62. The summed E-state index contributed by atoms with van der Waals surface area (Å²) in [6, 6.07) is 7.09. The highest BCUT2D eigenvalue weighted by Crippen LogP contribution is 2.41. The van der Waals surface area contributed by atoms with Crippen molar-refractivity contribution < 1.29 is 19.5 Å². The summed E-state index contributed by atoms with van der Waals surface area (Å²) in [5.74, 6) is -1.77. The average molecular weight is 334 g/mol. The molecule has 1 fully saturated rings. The summed E-state index contributed by atoms with van der Waals surface area (Å²) in [5, 5.41) is 11.4. The molecule has 0 aromatic heterocycles. The maximum atomic E-state index is 12.5. The SMILES string of the molecule is O=C(O)CCN1C(=O)/C(=C2/C(=O)Nc3ccccc32)SC1=S. The molecule has 2 N–H and O–H groups in total. The largest absolute Gasteiger partial charge is 0.481 e. The summed E-state index contributed by atoms with van der Waals surface area (Å²) in [7, 11) is 0. The number of para-hydroxylation sites is 1. The highest BCUT2D eigenvalue weighted by molar-refractivity contribution is 8.26. The summed E-state index contributed by atoms with van der Waals surface area (Å²) in [4.78, 5) is 36.7. The molecular weight excluding hydrogens is 324 g/mol. The van der Waals surface area contributed by atoms with Crippen molar-refractivity contribution in [2.24, 2.45) is 0 Å². The van der Waals surface area contributed by atoms with Crippen LogP contribution >= 0.6 is 24.0 Å². The number of rotatable bonds is 3. The molecule has 2 amide bonds. The molecule has 3 rings (SSSR count). The van der Waals surface area contributed by atoms with Crippen molar-refractivity contribution in [3.05, 3.63) is 34.7 Å². The summed E-state index contributed by atoms with van der Waals surface area (Å²) in [6.07, 6.45) is -0.197. The van der Waals surface area contributed by atoms with Crippen molar-refractivity contribution in [2.75, 3.05) is 11.9 Å². The molecule has 0 saturated carbocycles. The number of hydrogen-bond acceptors (Lipinski definition) is 5. The Labute approximate surface area is 135 Å². The molecule has 112 valence electrons. The number of nitrogens with zero attached hydrogens (tertiary/aromatic N) is 1. The predicted octanol–water partition coefficient (Wildman–Crippen LogP) is 1.68. The third kappa shape index (κ3) is 2.40. The first kappa shape index (κ1) is 14.7. The zero-order valence-corrected chi connectivity index (χ0v) is 12.8. The van der Waals surface area contributed by atoms with Gasteiger partial charge in [-0.05, 0) is 6.07 Å². The Hall–Kier alpha value is -2.19. The van der Waals surface area contributed by atoms with Crippen LogP contribution in [0.25, 0.3) is 5.57 Å². The number of carboxylic acid groups (broad SMARTS) is 1. The van der Waals surface area contributed by atoms with Gasteiger partial charge in [-0.3, -0.25) is 19.3 Å². The van der Waals surface area contributed by atoms with Crippen LogP contribution in [0.4, 0.5) is 5.69 Å². The molecule has 0 atom stereocenters. The van der Waals surface area contributed by atoms with Gasteiger partial charge >= 0.3 is 5.97 Å². The van der Waals surface area contributed by atoms with Gasteiger partial charge in [-0.2, -0.15) is 0 Å². The Morgan fingerprint density at radius 1 is 1.32 bits per heavy atom. The maximum Gasteiger partial charge on any atom is 0.305 e. The van der Waals surface area contributed by atoms with Crippen LogP contribution in [-0.2, 0) is 14.4 Å². The van der Waals surface area contributed by atoms with E-state index in [-0.39, 0.29) is 28.1 Å². The van der Waals surface area contributed by atoms with Crippen molar-refractivity contribution >= 4 is 57.3 Å². The molecule has 1 saturated heterocycles. The molecule has 2 aliphatic heterocycles. The monoisotopic (exact) mass is 334 g/mol. The van der Waals surface area contributed by atoms with E-state index in [1.54, 1.807) is 24.3 Å². The minimum Gasteiger partial charge on any atom is -0.481 e. The fourth-order valence-corrected chi connectivity index (χ4v) is 3.68. The summed E-state index contributed by atoms with van der Waals surface area (Å²) in [6.45, 7) is 0.0000455. The van der Waals surface area contributed by atoms with Crippen LogP contribution in [0, 0.1) is 0 Å². The maximum absolute atomic E-state index is 12.5. The van der Waals surface area contributed by atoms with Crippen LogP contribution < -0.4 is 5.32 Å². The number of hydrogen-bond donors (Lipinski definition) is 2. The minimum absolute atomic E-state index is 0.0000455. The van der Waals surface area contributed by atoms with Gasteiger partial charge in [0.05, 0.1) is 16.9 Å². The normalized spacial score (nSPS) is 20.4. The van der Waals surface area contributed by atoms with Gasteiger partial charge in [0.2, 0.25) is 0 Å². The molecule has 0 aliphatic carbocycles. The van der Waals surface area contributed by atoms with Crippen LogP contribution in [0.15, 0.2) is 29.2 Å². The third-order valence-electron chi connectivity index (χ3n) is 3.30. The number of anilines is 1. The summed E-state index contributed by atoms with van der Waals surface area (Å²) < 4.78 is 0.269. The van der Waals surface area contributed by atoms with Crippen LogP contribution in [0.3, 0.4) is 0 Å². The topological polar surface area (TPSA) is 86.7 Å². The van der Waals surface area contributed by atoms with E-state index in [4.69, 9.17) is 17.3 Å². The number of thioether (sulfide) groups is 1. The second-order valence-corrected chi connectivity index (χ2v) is 6.32. The first-order valence-electron chi connectivity index (χ1n) is 6.39. The molecule has 0 bridgehead atoms. The zero-order valence-electron chi connectivity index (χ0n) is 11.2. The van der Waals surface area contributed by atoms with Crippen molar-refractivity contribution in [3.63, 3.8) is 0 Å². The second-order valence-electron chi connectivity index (χ2n) is 4.67. The fraction of sp³-hybridized carbons (Fsp3) is 0.143. The minimum atomic E-state index is -1.01. The van der Waals surface area contributed by atoms with Gasteiger partial charge in [-0.15, -0.1) is 0 Å². The third-order valence-corrected chi connectivity index (χ3v) is 4.75. The van der Waals surface area contributed by atoms with E-state index in [2.05, 4.69) is 5.32 Å². The quantitative estimate of drug-likeness (QED) is 0.646. The lowest BCUT2D eigenvalue weighted by atomic mass is 10.1. The van der Waals surface area contributed by atoms with Gasteiger partial charge in [0.25, 0.3) is 11.8 Å². The van der Waals surface area contributed by atoms with Gasteiger partial charge in [-0.1, -0.05) is 42.2 Å². The number of fused-ring (bicyclic) bond motifs is 1. The number of nitrogens with one attached hydrogen (secondary N) is 1. The molecule has 0 radical (unpaired) electrons. The number of amides is 2. The Morgan fingerprint density at radius 2 is 2.05 bits per heavy atom. The van der Waals surface area contributed by atoms with Gasteiger partial charge in [0.1, 0.15) is 4.32 Å². The summed E-state index contributed by atoms with van der Waals surface area (Å²) >= 11 is 6.16. The van der Waals surface area contributed by atoms with Gasteiger partial charge in [0, 0.05) is 17.8 Å². The van der Waals surface area contributed by atoms with Gasteiger partial charge in [0.15, 0.2) is 0 Å². The highest BCUT2D eigenvalue weighted by atomic mass is 32.2. The number of aliphatic carboxylic acids is 1. The number of benzene rings is 1. The second kappa shape index (κ2) is 5.54. The molecule has 22 heavy (non-hydrogen) atoms. The molecule has 6 nitrogen and oxygen atoms in total. The van der Waals surface area contributed by atoms with Crippen LogP contribution in [0.2, 0.25) is 0 Å². The Morgan fingerprint density at radius 3 is 2.77 bits per heavy atom. The van der Waals surface area contributed by atoms with Crippen molar-refractivity contribution in [1.82, 2.24) is 4.90 Å². The molecular formula is C14H10N2O4S2. The van der Waals surface area contributed by atoms with E-state index in [9.17, 15) is 14.4 Å². The Balaban J connectivity index is 1.99. The van der Waals surface area contributed by atoms with E-state index in [0.717, 1.165) is 11.8 Å². The van der Waals surface area contributed by atoms with Crippen molar-refractivity contribution in [1.29, 1.82) is 0 Å². The zero-order chi connectivity index (χ0) is 15.9. The van der Waals surface area contributed by atoms with Gasteiger partial charge < -0.3 is 10.4 Å². The smallest absolute Gasteiger partial charge is 0.305 e. The predicted molar refractivity (Wildman–Crippen MR) is 86.1 cm³/mol. The Bertz CT molecular complexity index is 757. The van der Waals surface area contributed by atoms with E-state index in [1.165, 1.54) is 4.90 Å². The highest BCUT2D eigenvalue weighted by Gasteiger charge is 2.39. The van der Waals surface area contributed by atoms with Crippen molar-refractivity contribution in [3.8, 4) is 0 Å². The van der Waals surface area contributed by atoms with E-state index < -0.39 is 11.9 Å². The van der Waals surface area contributed by atoms with Gasteiger partial charge in [-0.25, -0.2) is 0 Å². The molecule has 0 unspecified atom stereocenters. The molecule has 0 spiro atoms. The van der Waals surface area contributed by atoms with Crippen molar-refractivity contribution in [2.45, 2.75) is 6.42 Å². The molecule has 2 aliphatic rings. The average Bonchev–Trinajstić information content (AvgIpc) is 2.93. The number of carbonyl (C=O) groups excluding carboxylic acids is 2. The van der Waals surface area contributed by atoms with E-state index >= 15 is 0 Å². The standard InChI is InChI=1S/C14H10N2O4S2/c17-9(18)5-6-16-13(20)11(22-14(16)21)10-7-3-1-2-4-8(7)15-12(10)19/h1-4H,5-6H2,(H,15,19)(H,17,18)/b11-10-. The number of carbonyl (C=O) groups is 3.